The Bertz CT molecular complexity index is 55.8. The van der Waals surface area contributed by atoms with Crippen molar-refractivity contribution in [3.8, 4) is 0 Å². The van der Waals surface area contributed by atoms with Gasteiger partial charge in [0.2, 0.25) is 0 Å². The zero-order valence-corrected chi connectivity index (χ0v) is 9.09. The van der Waals surface area contributed by atoms with Gasteiger partial charge in [0.15, 0.2) is 0 Å². The van der Waals surface area contributed by atoms with Gasteiger partial charge in [-0.1, -0.05) is 0 Å². The monoisotopic (exact) mass is 144 g/mol. The molecule has 0 saturated heterocycles. The zero-order chi connectivity index (χ0) is 4.50. The number of phosphoric acid groups is 1. The average molecular weight is 144 g/mol. The van der Waals surface area contributed by atoms with Crippen LogP contribution in [0.4, 0.5) is 0 Å². The summed E-state index contributed by atoms with van der Waals surface area (Å²) in [6, 6.07) is 0. The van der Waals surface area contributed by atoms with Crippen LogP contribution >= 0.6 is 7.82 Å². The Morgan fingerprint density at radius 1 is 1.00 bits per heavy atom. The number of hydrogen-bond acceptors (Lipinski definition) is 1. The van der Waals surface area contributed by atoms with E-state index < -0.39 is 7.82 Å². The molecule has 0 atom stereocenters. The molecule has 7 heavy (non-hydrogen) atoms. The van der Waals surface area contributed by atoms with Crippen molar-refractivity contribution < 1.29 is 78.4 Å². The molecule has 0 aliphatic rings. The van der Waals surface area contributed by atoms with Gasteiger partial charge in [-0.3, -0.25) is 0 Å². The maximum absolute atomic E-state index is 8.88. The summed E-state index contributed by atoms with van der Waals surface area (Å²) in [7, 11) is -4.64. The topological polar surface area (TPSA) is 77.8 Å². The zero-order valence-electron chi connectivity index (χ0n) is 4.20. The van der Waals surface area contributed by atoms with Gasteiger partial charge in [-0.2, -0.15) is 0 Å². The van der Waals surface area contributed by atoms with Crippen molar-refractivity contribution in [3.63, 3.8) is 0 Å². The fourth-order valence-corrected chi connectivity index (χ4v) is 0. The summed E-state index contributed by atoms with van der Waals surface area (Å²) in [6.45, 7) is 0. The van der Waals surface area contributed by atoms with Crippen LogP contribution in [0.2, 0.25) is 0 Å². The van der Waals surface area contributed by atoms with Crippen LogP contribution in [0.25, 0.3) is 0 Å². The van der Waals surface area contributed by atoms with Gasteiger partial charge in [0.1, 0.15) is 0 Å². The summed E-state index contributed by atoms with van der Waals surface area (Å²) < 4.78 is 8.88. The molecule has 0 spiro atoms. The molecule has 0 aliphatic heterocycles. The molecule has 0 unspecified atom stereocenters. The van der Waals surface area contributed by atoms with Gasteiger partial charge in [-0.25, -0.2) is 4.57 Å². The van der Waals surface area contributed by atoms with E-state index in [-0.39, 0.29) is 59.1 Å². The molecule has 0 aromatic heterocycles. The number of rotatable bonds is 0. The van der Waals surface area contributed by atoms with Gasteiger partial charge in [0.25, 0.3) is 0 Å². The Morgan fingerprint density at radius 3 is 1.00 bits per heavy atom. The summed E-state index contributed by atoms with van der Waals surface area (Å²) in [5.41, 5.74) is 0. The summed E-state index contributed by atoms with van der Waals surface area (Å²) in [5, 5.41) is 0. The van der Waals surface area contributed by atoms with Crippen molar-refractivity contribution in [2.75, 3.05) is 0 Å². The average Bonchev–Trinajstić information content (AvgIpc) is 0.722. The van der Waals surface area contributed by atoms with E-state index in [1.807, 2.05) is 0 Å². The molecule has 0 bridgehead atoms. The van der Waals surface area contributed by atoms with Crippen LogP contribution in [0.15, 0.2) is 0 Å². The largest absolute Gasteiger partial charge is 1.00 e. The van der Waals surface area contributed by atoms with Gasteiger partial charge in [-0.05, 0) is 0 Å². The van der Waals surface area contributed by atoms with Crippen molar-refractivity contribution in [2.45, 2.75) is 0 Å². The molecule has 0 radical (unpaired) electrons. The van der Waals surface area contributed by atoms with Crippen LogP contribution in [-0.2, 0) is 4.57 Å². The quantitative estimate of drug-likeness (QED) is 0.233. The number of hydrogen-bond donors (Lipinski definition) is 3. The Labute approximate surface area is 85.1 Å². The van der Waals surface area contributed by atoms with E-state index in [2.05, 4.69) is 0 Å². The predicted octanol–water partition coefficient (Wildman–Crippen LogP) is -6.92. The van der Waals surface area contributed by atoms with E-state index in [0.29, 0.717) is 0 Å². The Balaban J connectivity index is -0.0000000800. The predicted molar refractivity (Wildman–Crippen MR) is 14.3 cm³/mol. The van der Waals surface area contributed by atoms with Gasteiger partial charge >= 0.3 is 66.9 Å². The molecule has 0 rings (SSSR count). The summed E-state index contributed by atoms with van der Waals surface area (Å²) >= 11 is 0. The minimum absolute atomic E-state index is 0. The molecule has 4 nitrogen and oxygen atoms in total. The Kier molecular flexibility index (Phi) is 14.3. The second kappa shape index (κ2) is 6.23. The first-order valence-electron chi connectivity index (χ1n) is 0.783. The third kappa shape index (κ3) is 68.0. The molecule has 3 N–H and O–H groups in total. The Morgan fingerprint density at radius 2 is 1.00 bits per heavy atom. The van der Waals surface area contributed by atoms with Gasteiger partial charge in [0, 0.05) is 0 Å². The standard InChI is InChI=1S/2Na.H3O4P/c;;1-5(2,3)4/h;;(H3,1,2,3,4)/q2*+1;. The first-order valence-corrected chi connectivity index (χ1v) is 2.35. The van der Waals surface area contributed by atoms with Crippen LogP contribution < -0.4 is 59.1 Å². The van der Waals surface area contributed by atoms with Crippen molar-refractivity contribution in [1.82, 2.24) is 0 Å². The van der Waals surface area contributed by atoms with E-state index >= 15 is 0 Å². The third-order valence-electron chi connectivity index (χ3n) is 0. The second-order valence-corrected chi connectivity index (χ2v) is 1.54. The van der Waals surface area contributed by atoms with Gasteiger partial charge in [-0.15, -0.1) is 0 Å². The minimum atomic E-state index is -4.64. The van der Waals surface area contributed by atoms with Crippen molar-refractivity contribution >= 4 is 7.82 Å². The maximum atomic E-state index is 8.88. The molecule has 0 aromatic carbocycles. The van der Waals surface area contributed by atoms with Gasteiger partial charge < -0.3 is 14.7 Å². The molecule has 0 saturated carbocycles. The van der Waals surface area contributed by atoms with E-state index in [1.54, 1.807) is 0 Å². The molecule has 32 valence electrons. The van der Waals surface area contributed by atoms with Crippen LogP contribution in [0, 0.1) is 0 Å². The maximum Gasteiger partial charge on any atom is 1.00 e. The van der Waals surface area contributed by atoms with Crippen LogP contribution in [0.1, 0.15) is 0 Å². The van der Waals surface area contributed by atoms with Crippen LogP contribution in [0.3, 0.4) is 0 Å². The first kappa shape index (κ1) is 16.1. The van der Waals surface area contributed by atoms with Crippen LogP contribution in [0.5, 0.6) is 0 Å². The molecular formula is H3Na2O4P+2. The molecule has 0 aliphatic carbocycles. The molecule has 0 heterocycles. The van der Waals surface area contributed by atoms with Crippen molar-refractivity contribution in [2.24, 2.45) is 0 Å². The van der Waals surface area contributed by atoms with Gasteiger partial charge in [0.05, 0.1) is 0 Å². The van der Waals surface area contributed by atoms with E-state index in [0.717, 1.165) is 0 Å². The summed E-state index contributed by atoms with van der Waals surface area (Å²) in [6.07, 6.45) is 0. The molecule has 7 heteroatoms. The molecule has 0 aromatic rings. The second-order valence-electron chi connectivity index (χ2n) is 0.513. The van der Waals surface area contributed by atoms with E-state index in [1.165, 1.54) is 0 Å². The smallest absolute Gasteiger partial charge is 0.303 e. The van der Waals surface area contributed by atoms with Crippen LogP contribution in [-0.4, -0.2) is 14.7 Å². The molecular weight excluding hydrogens is 141 g/mol. The first-order chi connectivity index (χ1) is 2.00. The fourth-order valence-electron chi connectivity index (χ4n) is 0. The SMILES string of the molecule is O=P(O)(O)O.[Na+].[Na+]. The fraction of sp³-hybridized carbons (Fsp3) is 0. The van der Waals surface area contributed by atoms with E-state index in [4.69, 9.17) is 19.2 Å². The summed E-state index contributed by atoms with van der Waals surface area (Å²) in [4.78, 5) is 21.6. The minimum Gasteiger partial charge on any atom is -0.303 e. The Hall–Kier alpha value is 2.11. The van der Waals surface area contributed by atoms with E-state index in [9.17, 15) is 0 Å². The third-order valence-corrected chi connectivity index (χ3v) is 0. The molecule has 0 amide bonds. The van der Waals surface area contributed by atoms with Crippen molar-refractivity contribution in [1.29, 1.82) is 0 Å². The normalized spacial score (nSPS) is 8.43. The molecule has 0 fully saturated rings. The summed E-state index contributed by atoms with van der Waals surface area (Å²) in [5.74, 6) is 0. The van der Waals surface area contributed by atoms with Crippen molar-refractivity contribution in [3.05, 3.63) is 0 Å².